The number of carbonyl (C=O) groups excluding carboxylic acids is 1. The number of fused-ring (bicyclic) bond motifs is 1. The molecule has 3 heterocycles. The fourth-order valence-electron chi connectivity index (χ4n) is 3.87. The van der Waals surface area contributed by atoms with Gasteiger partial charge in [0.2, 0.25) is 0 Å². The highest BCUT2D eigenvalue weighted by Crippen LogP contribution is 2.33. The first-order valence-electron chi connectivity index (χ1n) is 10.0. The summed E-state index contributed by atoms with van der Waals surface area (Å²) in [6.07, 6.45) is 7.89. The van der Waals surface area contributed by atoms with E-state index in [1.54, 1.807) is 6.20 Å². The Balaban J connectivity index is 1.51. The summed E-state index contributed by atoms with van der Waals surface area (Å²) in [6, 6.07) is 8.56. The third-order valence-electron chi connectivity index (χ3n) is 5.62. The first-order chi connectivity index (χ1) is 13.8. The van der Waals surface area contributed by atoms with Crippen LogP contribution in [0.25, 0.3) is 16.9 Å². The maximum atomic E-state index is 11.5. The number of rotatable bonds is 6. The van der Waals surface area contributed by atoms with Gasteiger partial charge in [0, 0.05) is 31.4 Å². The zero-order valence-corrected chi connectivity index (χ0v) is 15.9. The van der Waals surface area contributed by atoms with Crippen molar-refractivity contribution in [1.29, 1.82) is 0 Å². The topological polar surface area (TPSA) is 59.7 Å². The number of hydrogen-bond donors (Lipinski definition) is 0. The zero-order valence-electron chi connectivity index (χ0n) is 15.9. The van der Waals surface area contributed by atoms with Crippen molar-refractivity contribution in [3.63, 3.8) is 0 Å². The largest absolute Gasteiger partial charge is 0.379 e. The van der Waals surface area contributed by atoms with Crippen LogP contribution in [0.4, 0.5) is 0 Å². The van der Waals surface area contributed by atoms with Crippen molar-refractivity contribution in [2.45, 2.75) is 25.8 Å². The summed E-state index contributed by atoms with van der Waals surface area (Å²) in [7, 11) is 0. The molecule has 5 rings (SSSR count). The van der Waals surface area contributed by atoms with Gasteiger partial charge in [-0.3, -0.25) is 14.1 Å². The molecule has 0 amide bonds. The van der Waals surface area contributed by atoms with E-state index in [9.17, 15) is 4.79 Å². The number of carbonyl (C=O) groups is 1. The van der Waals surface area contributed by atoms with Crippen LogP contribution in [0.15, 0.2) is 36.7 Å². The molecular weight excluding hydrogens is 352 g/mol. The standard InChI is InChI=1S/C22H24N4O2/c27-15-19-12-23-22-20(11-16-4-5-16)24-21(14-26(19)22)18-3-1-2-17(10-18)13-25-6-8-28-9-7-25/h1-3,10,12,14-16H,4-9,11,13H2. The molecule has 0 atom stereocenters. The van der Waals surface area contributed by atoms with Crippen LogP contribution in [0.2, 0.25) is 0 Å². The van der Waals surface area contributed by atoms with Gasteiger partial charge in [0.25, 0.3) is 0 Å². The Hall–Kier alpha value is -2.57. The van der Waals surface area contributed by atoms with Gasteiger partial charge >= 0.3 is 0 Å². The van der Waals surface area contributed by atoms with Crippen LogP contribution in [0.1, 0.15) is 34.6 Å². The normalized spacial score (nSPS) is 17.9. The molecule has 0 unspecified atom stereocenters. The van der Waals surface area contributed by atoms with Crippen molar-refractivity contribution in [3.05, 3.63) is 53.6 Å². The SMILES string of the molecule is O=Cc1cnc2c(CC3CC3)nc(-c3cccc(CN4CCOCC4)c3)cn12. The van der Waals surface area contributed by atoms with Crippen molar-refractivity contribution >= 4 is 11.9 Å². The molecule has 6 heteroatoms. The summed E-state index contributed by atoms with van der Waals surface area (Å²) in [4.78, 5) is 23.3. The van der Waals surface area contributed by atoms with Crippen molar-refractivity contribution in [3.8, 4) is 11.3 Å². The van der Waals surface area contributed by atoms with Crippen LogP contribution in [0, 0.1) is 5.92 Å². The third-order valence-corrected chi connectivity index (χ3v) is 5.62. The average molecular weight is 376 g/mol. The Morgan fingerprint density at radius 1 is 1.21 bits per heavy atom. The summed E-state index contributed by atoms with van der Waals surface area (Å²) in [5.41, 5.74) is 5.61. The lowest BCUT2D eigenvalue weighted by Gasteiger charge is -2.26. The number of imidazole rings is 1. The first-order valence-corrected chi connectivity index (χ1v) is 10.0. The molecule has 2 aliphatic rings. The molecule has 0 radical (unpaired) electrons. The van der Waals surface area contributed by atoms with Crippen molar-refractivity contribution in [1.82, 2.24) is 19.3 Å². The van der Waals surface area contributed by atoms with Gasteiger partial charge < -0.3 is 4.74 Å². The van der Waals surface area contributed by atoms with Gasteiger partial charge in [-0.05, 0) is 36.8 Å². The minimum absolute atomic E-state index is 0.570. The van der Waals surface area contributed by atoms with Crippen LogP contribution < -0.4 is 0 Å². The summed E-state index contributed by atoms with van der Waals surface area (Å²) in [6.45, 7) is 4.46. The minimum atomic E-state index is 0.570. The Morgan fingerprint density at radius 2 is 2.07 bits per heavy atom. The second-order valence-corrected chi connectivity index (χ2v) is 7.80. The molecule has 3 aromatic rings. The van der Waals surface area contributed by atoms with Crippen molar-refractivity contribution in [2.75, 3.05) is 26.3 Å². The molecule has 28 heavy (non-hydrogen) atoms. The van der Waals surface area contributed by atoms with Gasteiger partial charge in [-0.15, -0.1) is 0 Å². The second-order valence-electron chi connectivity index (χ2n) is 7.80. The van der Waals surface area contributed by atoms with E-state index in [1.807, 2.05) is 10.6 Å². The van der Waals surface area contributed by atoms with E-state index in [1.165, 1.54) is 18.4 Å². The molecule has 1 saturated carbocycles. The maximum Gasteiger partial charge on any atom is 0.168 e. The lowest BCUT2D eigenvalue weighted by molar-refractivity contribution is 0.0342. The minimum Gasteiger partial charge on any atom is -0.379 e. The third kappa shape index (κ3) is 3.57. The smallest absolute Gasteiger partial charge is 0.168 e. The molecule has 2 fully saturated rings. The van der Waals surface area contributed by atoms with Gasteiger partial charge in [0.15, 0.2) is 11.9 Å². The van der Waals surface area contributed by atoms with E-state index in [2.05, 4.69) is 34.1 Å². The van der Waals surface area contributed by atoms with Crippen LogP contribution >= 0.6 is 0 Å². The summed E-state index contributed by atoms with van der Waals surface area (Å²) in [5.74, 6) is 0.704. The average Bonchev–Trinajstić information content (AvgIpc) is 3.45. The van der Waals surface area contributed by atoms with Gasteiger partial charge in [-0.2, -0.15) is 0 Å². The molecular formula is C22H24N4O2. The zero-order chi connectivity index (χ0) is 18.9. The van der Waals surface area contributed by atoms with E-state index >= 15 is 0 Å². The van der Waals surface area contributed by atoms with Crippen molar-refractivity contribution < 1.29 is 9.53 Å². The maximum absolute atomic E-state index is 11.5. The Labute approximate surface area is 164 Å². The molecule has 6 nitrogen and oxygen atoms in total. The van der Waals surface area contributed by atoms with Crippen LogP contribution in [0.3, 0.4) is 0 Å². The molecule has 2 aromatic heterocycles. The molecule has 0 bridgehead atoms. The number of morpholine rings is 1. The van der Waals surface area contributed by atoms with Crippen LogP contribution in [-0.2, 0) is 17.7 Å². The predicted octanol–water partition coefficient (Wildman–Crippen LogP) is 2.99. The quantitative estimate of drug-likeness (QED) is 0.619. The second kappa shape index (κ2) is 7.45. The first kappa shape index (κ1) is 17.5. The number of aldehydes is 1. The fourth-order valence-corrected chi connectivity index (χ4v) is 3.87. The van der Waals surface area contributed by atoms with Crippen molar-refractivity contribution in [2.24, 2.45) is 5.92 Å². The van der Waals surface area contributed by atoms with Crippen LogP contribution in [-0.4, -0.2) is 51.9 Å². The van der Waals surface area contributed by atoms with E-state index < -0.39 is 0 Å². The lowest BCUT2D eigenvalue weighted by atomic mass is 10.1. The highest BCUT2D eigenvalue weighted by molar-refractivity contribution is 5.75. The molecule has 1 aliphatic heterocycles. The van der Waals surface area contributed by atoms with Gasteiger partial charge in [0.05, 0.1) is 30.8 Å². The molecule has 1 saturated heterocycles. The van der Waals surface area contributed by atoms with E-state index in [-0.39, 0.29) is 0 Å². The van der Waals surface area contributed by atoms with Gasteiger partial charge in [-0.1, -0.05) is 18.2 Å². The highest BCUT2D eigenvalue weighted by Gasteiger charge is 2.24. The van der Waals surface area contributed by atoms with E-state index in [0.717, 1.165) is 68.2 Å². The fraction of sp³-hybridized carbons (Fsp3) is 0.409. The highest BCUT2D eigenvalue weighted by atomic mass is 16.5. The Bertz CT molecular complexity index is 1000. The van der Waals surface area contributed by atoms with E-state index in [0.29, 0.717) is 11.6 Å². The lowest BCUT2D eigenvalue weighted by Crippen LogP contribution is -2.35. The monoisotopic (exact) mass is 376 g/mol. The molecule has 1 aromatic carbocycles. The molecule has 1 aliphatic carbocycles. The van der Waals surface area contributed by atoms with Gasteiger partial charge in [-0.25, -0.2) is 9.97 Å². The van der Waals surface area contributed by atoms with Gasteiger partial charge in [0.1, 0.15) is 5.69 Å². The molecule has 144 valence electrons. The summed E-state index contributed by atoms with van der Waals surface area (Å²) < 4.78 is 7.34. The van der Waals surface area contributed by atoms with Crippen LogP contribution in [0.5, 0.6) is 0 Å². The van der Waals surface area contributed by atoms with E-state index in [4.69, 9.17) is 9.72 Å². The number of nitrogens with zero attached hydrogens (tertiary/aromatic N) is 4. The summed E-state index contributed by atoms with van der Waals surface area (Å²) >= 11 is 0. The number of aromatic nitrogens is 3. The summed E-state index contributed by atoms with van der Waals surface area (Å²) in [5, 5.41) is 0. The number of benzene rings is 1. The molecule has 0 N–H and O–H groups in total. The number of ether oxygens (including phenoxy) is 1. The Kier molecular flexibility index (Phi) is 4.66. The Morgan fingerprint density at radius 3 is 2.86 bits per heavy atom. The number of hydrogen-bond acceptors (Lipinski definition) is 5. The predicted molar refractivity (Wildman–Crippen MR) is 106 cm³/mol. The molecule has 0 spiro atoms.